The van der Waals surface area contributed by atoms with Crippen LogP contribution >= 0.6 is 0 Å². The first kappa shape index (κ1) is 17.7. The van der Waals surface area contributed by atoms with Crippen molar-refractivity contribution in [3.05, 3.63) is 12.7 Å². The van der Waals surface area contributed by atoms with E-state index in [1.54, 1.807) is 0 Å². The molecule has 6 atom stereocenters. The van der Waals surface area contributed by atoms with Gasteiger partial charge >= 0.3 is 0 Å². The van der Waals surface area contributed by atoms with E-state index < -0.39 is 13.7 Å². The van der Waals surface area contributed by atoms with E-state index >= 15 is 0 Å². The van der Waals surface area contributed by atoms with Crippen LogP contribution in [-0.2, 0) is 14.0 Å². The summed E-state index contributed by atoms with van der Waals surface area (Å²) in [4.78, 5) is 27.6. The normalized spacial score (nSPS) is 51.0. The van der Waals surface area contributed by atoms with Crippen LogP contribution in [0.4, 0.5) is 0 Å². The zero-order valence-corrected chi connectivity index (χ0v) is 17.2. The lowest BCUT2D eigenvalue weighted by atomic mass is 9.36. The maximum absolute atomic E-state index is 14.2. The molecule has 5 fully saturated rings. The second-order valence-corrected chi connectivity index (χ2v) is 14.0. The van der Waals surface area contributed by atoms with E-state index in [2.05, 4.69) is 33.5 Å². The summed E-state index contributed by atoms with van der Waals surface area (Å²) in [6.07, 6.45) is 6.89. The first-order valence-electron chi connectivity index (χ1n) is 10.0. The molecule has 1 heterocycles. The fourth-order valence-electron chi connectivity index (χ4n) is 7.72. The summed E-state index contributed by atoms with van der Waals surface area (Å²) in [6.45, 7) is 13.7. The van der Waals surface area contributed by atoms with Crippen LogP contribution in [0.1, 0.15) is 52.4 Å². The number of carbonyl (C=O) groups excluding carboxylic acids is 2. The second-order valence-electron chi connectivity index (χ2n) is 9.90. The number of Topliss-reactive ketones (excluding diaryl/α,β-unsaturated/α-hetero) is 2. The van der Waals surface area contributed by atoms with E-state index in [1.165, 1.54) is 0 Å². The van der Waals surface area contributed by atoms with Gasteiger partial charge in [0.1, 0.15) is 5.78 Å². The molecule has 4 heteroatoms. The van der Waals surface area contributed by atoms with E-state index in [4.69, 9.17) is 4.43 Å². The predicted molar refractivity (Wildman–Crippen MR) is 101 cm³/mol. The number of ketones is 2. The number of hydrogen-bond acceptors (Lipinski definition) is 3. The Kier molecular flexibility index (Phi) is 3.64. The van der Waals surface area contributed by atoms with E-state index in [9.17, 15) is 9.59 Å². The molecule has 0 N–H and O–H groups in total. The van der Waals surface area contributed by atoms with Crippen molar-refractivity contribution in [1.29, 1.82) is 0 Å². The molecule has 3 nitrogen and oxygen atoms in total. The van der Waals surface area contributed by atoms with Gasteiger partial charge in [-0.1, -0.05) is 19.9 Å². The standard InChI is InChI=1S/C21H32O3Si/c1-6-10-21-16(22)9-7-8-15-17-20(18(21)23,12-11-19(15,21)3)14(2)13-24-25(17,4)5/h6,14-15,17H,1,7-13H2,2-5H3/t14-,15-,17-,19+,20+,21+/m1/s1. The van der Waals surface area contributed by atoms with Crippen molar-refractivity contribution >= 4 is 19.9 Å². The maximum Gasteiger partial charge on any atom is 0.191 e. The first-order valence-corrected chi connectivity index (χ1v) is 13.0. The molecule has 0 aromatic rings. The molecule has 4 aliphatic carbocycles. The van der Waals surface area contributed by atoms with Gasteiger partial charge in [-0.25, -0.2) is 0 Å². The van der Waals surface area contributed by atoms with Gasteiger partial charge in [0, 0.05) is 18.4 Å². The minimum Gasteiger partial charge on any atom is -0.417 e. The van der Waals surface area contributed by atoms with E-state index in [-0.39, 0.29) is 28.3 Å². The smallest absolute Gasteiger partial charge is 0.191 e. The van der Waals surface area contributed by atoms with E-state index in [0.717, 1.165) is 25.7 Å². The number of rotatable bonds is 2. The minimum absolute atomic E-state index is 0.207. The first-order chi connectivity index (χ1) is 11.7. The van der Waals surface area contributed by atoms with Gasteiger partial charge in [0.15, 0.2) is 14.1 Å². The zero-order chi connectivity index (χ0) is 18.3. The van der Waals surface area contributed by atoms with Crippen molar-refractivity contribution in [1.82, 2.24) is 0 Å². The Morgan fingerprint density at radius 3 is 2.72 bits per heavy atom. The predicted octanol–water partition coefficient (Wildman–Crippen LogP) is 4.53. The lowest BCUT2D eigenvalue weighted by Crippen LogP contribution is -2.75. The third kappa shape index (κ3) is 1.76. The molecule has 5 rings (SSSR count). The molecule has 5 aliphatic rings. The van der Waals surface area contributed by atoms with Crippen LogP contribution in [-0.4, -0.2) is 26.5 Å². The number of allylic oxidation sites excluding steroid dienone is 1. The molecular weight excluding hydrogens is 328 g/mol. The summed E-state index contributed by atoms with van der Waals surface area (Å²) in [6, 6.07) is 0. The number of hydrogen-bond donors (Lipinski definition) is 0. The Bertz CT molecular complexity index is 656. The molecule has 1 aliphatic heterocycles. The molecule has 0 unspecified atom stereocenters. The van der Waals surface area contributed by atoms with Crippen LogP contribution < -0.4 is 0 Å². The summed E-state index contributed by atoms with van der Waals surface area (Å²) in [5, 5.41) is 0. The highest BCUT2D eigenvalue weighted by molar-refractivity contribution is 6.73. The number of carbonyl (C=O) groups is 2. The van der Waals surface area contributed by atoms with Crippen LogP contribution in [0.25, 0.3) is 0 Å². The maximum atomic E-state index is 14.2. The van der Waals surface area contributed by atoms with Crippen LogP contribution in [0.15, 0.2) is 12.7 Å². The summed E-state index contributed by atoms with van der Waals surface area (Å²) < 4.78 is 6.42. The molecule has 0 aromatic heterocycles. The summed E-state index contributed by atoms with van der Waals surface area (Å²) in [5.41, 5.74) is -1.01. The number of fused-ring (bicyclic) bond motifs is 1. The second kappa shape index (κ2) is 5.16. The van der Waals surface area contributed by atoms with Gasteiger partial charge in [-0.15, -0.1) is 6.58 Å². The Morgan fingerprint density at radius 2 is 2.04 bits per heavy atom. The lowest BCUT2D eigenvalue weighted by Gasteiger charge is -2.72. The van der Waals surface area contributed by atoms with Crippen molar-refractivity contribution in [2.45, 2.75) is 71.0 Å². The Hall–Kier alpha value is -0.743. The van der Waals surface area contributed by atoms with Crippen LogP contribution in [0, 0.1) is 28.1 Å². The van der Waals surface area contributed by atoms with Crippen LogP contribution in [0.3, 0.4) is 0 Å². The average Bonchev–Trinajstić information content (AvgIpc) is 2.63. The third-order valence-electron chi connectivity index (χ3n) is 8.80. The highest BCUT2D eigenvalue weighted by atomic mass is 28.4. The quantitative estimate of drug-likeness (QED) is 0.413. The van der Waals surface area contributed by atoms with Gasteiger partial charge in [0.05, 0.1) is 5.41 Å². The van der Waals surface area contributed by atoms with Gasteiger partial charge in [-0.2, -0.15) is 0 Å². The molecule has 1 saturated heterocycles. The summed E-state index contributed by atoms with van der Waals surface area (Å²) in [5.74, 6) is 1.14. The molecule has 0 aromatic carbocycles. The van der Waals surface area contributed by atoms with Crippen molar-refractivity contribution in [2.75, 3.05) is 6.61 Å². The zero-order valence-electron chi connectivity index (χ0n) is 16.2. The highest BCUT2D eigenvalue weighted by Gasteiger charge is 2.79. The largest absolute Gasteiger partial charge is 0.417 e. The average molecular weight is 361 g/mol. The van der Waals surface area contributed by atoms with Crippen LogP contribution in [0.5, 0.6) is 0 Å². The molecule has 4 bridgehead atoms. The van der Waals surface area contributed by atoms with Gasteiger partial charge in [-0.05, 0) is 68.0 Å². The molecule has 4 saturated carbocycles. The van der Waals surface area contributed by atoms with E-state index in [0.29, 0.717) is 30.9 Å². The van der Waals surface area contributed by atoms with Crippen LogP contribution in [0.2, 0.25) is 18.6 Å². The third-order valence-corrected chi connectivity index (χ3v) is 12.1. The van der Waals surface area contributed by atoms with Crippen molar-refractivity contribution < 1.29 is 14.0 Å². The molecular formula is C21H32O3Si. The fraction of sp³-hybridized carbons (Fsp3) is 0.810. The summed E-state index contributed by atoms with van der Waals surface area (Å²) >= 11 is 0. The van der Waals surface area contributed by atoms with Crippen molar-refractivity contribution in [3.8, 4) is 0 Å². The van der Waals surface area contributed by atoms with Gasteiger partial charge in [0.25, 0.3) is 0 Å². The Morgan fingerprint density at radius 1 is 1.32 bits per heavy atom. The Balaban J connectivity index is 2.03. The fourth-order valence-corrected chi connectivity index (χ4v) is 11.9. The Labute approximate surface area is 152 Å². The van der Waals surface area contributed by atoms with Gasteiger partial charge < -0.3 is 4.43 Å². The van der Waals surface area contributed by atoms with Crippen molar-refractivity contribution in [3.63, 3.8) is 0 Å². The highest BCUT2D eigenvalue weighted by Crippen LogP contribution is 2.77. The van der Waals surface area contributed by atoms with Gasteiger partial charge in [0.2, 0.25) is 0 Å². The van der Waals surface area contributed by atoms with Gasteiger partial charge in [-0.3, -0.25) is 9.59 Å². The lowest BCUT2D eigenvalue weighted by molar-refractivity contribution is -0.198. The topological polar surface area (TPSA) is 43.4 Å². The summed E-state index contributed by atoms with van der Waals surface area (Å²) in [7, 11) is -1.98. The molecule has 0 amide bonds. The minimum atomic E-state index is -1.98. The molecule has 138 valence electrons. The van der Waals surface area contributed by atoms with E-state index in [1.807, 2.05) is 6.08 Å². The molecule has 1 spiro atoms. The molecule has 25 heavy (non-hydrogen) atoms. The van der Waals surface area contributed by atoms with Crippen molar-refractivity contribution in [2.24, 2.45) is 28.1 Å². The SMILES string of the molecule is C=CC[C@@]12C(=O)CCC[C@@H]3[C@@H]4[C@@](CC[C@@]31C)(C2=O)[C@H](C)CO[Si]4(C)C. The molecule has 0 radical (unpaired) electrons. The monoisotopic (exact) mass is 360 g/mol.